The van der Waals surface area contributed by atoms with Gasteiger partial charge in [-0.3, -0.25) is 9.78 Å². The molecule has 0 N–H and O–H groups in total. The van der Waals surface area contributed by atoms with Crippen molar-refractivity contribution in [3.63, 3.8) is 0 Å². The van der Waals surface area contributed by atoms with Crippen molar-refractivity contribution in [1.29, 1.82) is 0 Å². The van der Waals surface area contributed by atoms with E-state index in [1.165, 1.54) is 0 Å². The SMILES string of the molecule is Cc1cccc(CN(CCc2ccc(Cl)cc2Cl)C(=O)CCc2ccccc2)n1. The number of benzene rings is 2. The van der Waals surface area contributed by atoms with Crippen LogP contribution in [0.2, 0.25) is 10.0 Å². The Morgan fingerprint density at radius 2 is 1.76 bits per heavy atom. The fraction of sp³-hybridized carbons (Fsp3) is 0.250. The Kier molecular flexibility index (Phi) is 7.68. The highest BCUT2D eigenvalue weighted by atomic mass is 35.5. The van der Waals surface area contributed by atoms with Gasteiger partial charge in [-0.15, -0.1) is 0 Å². The van der Waals surface area contributed by atoms with Crippen LogP contribution in [0.1, 0.15) is 28.9 Å². The highest BCUT2D eigenvalue weighted by Crippen LogP contribution is 2.22. The van der Waals surface area contributed by atoms with Crippen molar-refractivity contribution in [3.8, 4) is 0 Å². The van der Waals surface area contributed by atoms with Crippen LogP contribution in [0, 0.1) is 6.92 Å². The zero-order valence-electron chi connectivity index (χ0n) is 16.4. The van der Waals surface area contributed by atoms with Crippen molar-refractivity contribution in [2.24, 2.45) is 0 Å². The largest absolute Gasteiger partial charge is 0.336 e. The molecular weight excluding hydrogens is 403 g/mol. The van der Waals surface area contributed by atoms with Gasteiger partial charge >= 0.3 is 0 Å². The summed E-state index contributed by atoms with van der Waals surface area (Å²) in [5.74, 6) is 0.113. The average Bonchev–Trinajstić information content (AvgIpc) is 2.71. The topological polar surface area (TPSA) is 33.2 Å². The molecule has 0 aliphatic carbocycles. The van der Waals surface area contributed by atoms with Crippen molar-refractivity contribution in [3.05, 3.63) is 99.3 Å². The lowest BCUT2D eigenvalue weighted by atomic mass is 10.1. The van der Waals surface area contributed by atoms with E-state index >= 15 is 0 Å². The smallest absolute Gasteiger partial charge is 0.223 e. The number of aromatic nitrogens is 1. The third kappa shape index (κ3) is 6.59. The minimum atomic E-state index is 0.113. The van der Waals surface area contributed by atoms with Crippen LogP contribution in [-0.4, -0.2) is 22.3 Å². The summed E-state index contributed by atoms with van der Waals surface area (Å²) in [7, 11) is 0. The van der Waals surface area contributed by atoms with Crippen molar-refractivity contribution in [1.82, 2.24) is 9.88 Å². The van der Waals surface area contributed by atoms with Gasteiger partial charge in [0.25, 0.3) is 0 Å². The Balaban J connectivity index is 1.70. The Hall–Kier alpha value is -2.36. The number of nitrogens with zero attached hydrogens (tertiary/aromatic N) is 2. The molecule has 0 fully saturated rings. The lowest BCUT2D eigenvalue weighted by Crippen LogP contribution is -2.33. The van der Waals surface area contributed by atoms with Crippen LogP contribution in [0.3, 0.4) is 0 Å². The molecule has 0 atom stereocenters. The van der Waals surface area contributed by atoms with Crippen LogP contribution >= 0.6 is 23.2 Å². The summed E-state index contributed by atoms with van der Waals surface area (Å²) < 4.78 is 0. The predicted octanol–water partition coefficient (Wildman–Crippen LogP) is 5.90. The highest BCUT2D eigenvalue weighted by Gasteiger charge is 2.16. The maximum atomic E-state index is 13.0. The second-order valence-corrected chi connectivity index (χ2v) is 7.90. The maximum Gasteiger partial charge on any atom is 0.223 e. The van der Waals surface area contributed by atoms with Gasteiger partial charge in [0.15, 0.2) is 0 Å². The summed E-state index contributed by atoms with van der Waals surface area (Å²) in [6.07, 6.45) is 1.85. The van der Waals surface area contributed by atoms with E-state index in [-0.39, 0.29) is 5.91 Å². The molecule has 1 heterocycles. The lowest BCUT2D eigenvalue weighted by Gasteiger charge is -2.23. The molecule has 3 aromatic rings. The Bertz CT molecular complexity index is 960. The first-order chi connectivity index (χ1) is 14.0. The van der Waals surface area contributed by atoms with Gasteiger partial charge in [-0.25, -0.2) is 0 Å². The first-order valence-electron chi connectivity index (χ1n) is 9.69. The van der Waals surface area contributed by atoms with Gasteiger partial charge in [0.2, 0.25) is 5.91 Å². The van der Waals surface area contributed by atoms with E-state index in [1.54, 1.807) is 6.07 Å². The number of rotatable bonds is 8. The second kappa shape index (κ2) is 10.4. The molecule has 5 heteroatoms. The molecule has 0 bridgehead atoms. The van der Waals surface area contributed by atoms with Crippen molar-refractivity contribution in [2.75, 3.05) is 6.54 Å². The average molecular weight is 427 g/mol. The molecule has 2 aromatic carbocycles. The molecule has 0 aliphatic heterocycles. The summed E-state index contributed by atoms with van der Waals surface area (Å²) in [5, 5.41) is 1.24. The van der Waals surface area contributed by atoms with Crippen molar-refractivity contribution in [2.45, 2.75) is 32.7 Å². The first-order valence-corrected chi connectivity index (χ1v) is 10.4. The normalized spacial score (nSPS) is 10.7. The lowest BCUT2D eigenvalue weighted by molar-refractivity contribution is -0.131. The van der Waals surface area contributed by atoms with Crippen molar-refractivity contribution < 1.29 is 4.79 Å². The summed E-state index contributed by atoms with van der Waals surface area (Å²) in [5.41, 5.74) is 3.98. The maximum absolute atomic E-state index is 13.0. The molecule has 0 radical (unpaired) electrons. The van der Waals surface area contributed by atoms with Gasteiger partial charge in [-0.2, -0.15) is 0 Å². The van der Waals surface area contributed by atoms with E-state index < -0.39 is 0 Å². The van der Waals surface area contributed by atoms with Crippen LogP contribution in [0.25, 0.3) is 0 Å². The molecule has 0 saturated carbocycles. The van der Waals surface area contributed by atoms with E-state index in [9.17, 15) is 4.79 Å². The first kappa shape index (κ1) is 21.4. The Morgan fingerprint density at radius 1 is 0.966 bits per heavy atom. The van der Waals surface area contributed by atoms with E-state index in [0.717, 1.165) is 28.9 Å². The quantitative estimate of drug-likeness (QED) is 0.448. The highest BCUT2D eigenvalue weighted by molar-refractivity contribution is 6.35. The third-order valence-corrected chi connectivity index (χ3v) is 5.38. The zero-order valence-corrected chi connectivity index (χ0v) is 18.0. The number of amides is 1. The summed E-state index contributed by atoms with van der Waals surface area (Å²) in [6.45, 7) is 3.02. The summed E-state index contributed by atoms with van der Waals surface area (Å²) >= 11 is 12.3. The van der Waals surface area contributed by atoms with E-state index in [2.05, 4.69) is 4.98 Å². The van der Waals surface area contributed by atoms with Crippen LogP contribution in [0.5, 0.6) is 0 Å². The molecule has 0 aliphatic rings. The van der Waals surface area contributed by atoms with Crippen molar-refractivity contribution >= 4 is 29.1 Å². The van der Waals surface area contributed by atoms with Crippen LogP contribution in [-0.2, 0) is 24.2 Å². The summed E-state index contributed by atoms with van der Waals surface area (Å²) in [4.78, 5) is 19.4. The molecule has 0 unspecified atom stereocenters. The van der Waals surface area contributed by atoms with Crippen LogP contribution in [0.15, 0.2) is 66.7 Å². The van der Waals surface area contributed by atoms with Gasteiger partial charge in [0.1, 0.15) is 0 Å². The van der Waals surface area contributed by atoms with Gasteiger partial charge in [-0.1, -0.05) is 65.7 Å². The molecular formula is C24H24Cl2N2O. The molecule has 29 heavy (non-hydrogen) atoms. The number of pyridine rings is 1. The molecule has 0 saturated heterocycles. The standard InChI is InChI=1S/C24H24Cl2N2O/c1-18-6-5-9-22(27-18)17-28(15-14-20-11-12-21(25)16-23(20)26)24(29)13-10-19-7-3-2-4-8-19/h2-9,11-12,16H,10,13-15,17H2,1H3. The fourth-order valence-electron chi connectivity index (χ4n) is 3.21. The predicted molar refractivity (Wildman–Crippen MR) is 119 cm³/mol. The zero-order chi connectivity index (χ0) is 20.6. The molecule has 3 rings (SSSR count). The molecule has 1 amide bonds. The third-order valence-electron chi connectivity index (χ3n) is 4.79. The number of carbonyl (C=O) groups excluding carboxylic acids is 1. The van der Waals surface area contributed by atoms with E-state index in [0.29, 0.717) is 36.0 Å². The molecule has 3 nitrogen and oxygen atoms in total. The van der Waals surface area contributed by atoms with E-state index in [1.807, 2.05) is 72.5 Å². The minimum Gasteiger partial charge on any atom is -0.336 e. The molecule has 1 aromatic heterocycles. The van der Waals surface area contributed by atoms with Gasteiger partial charge in [0, 0.05) is 28.7 Å². The number of hydrogen-bond donors (Lipinski definition) is 0. The van der Waals surface area contributed by atoms with E-state index in [4.69, 9.17) is 23.2 Å². The second-order valence-electron chi connectivity index (χ2n) is 7.06. The number of aryl methyl sites for hydroxylation is 2. The Morgan fingerprint density at radius 3 is 2.48 bits per heavy atom. The minimum absolute atomic E-state index is 0.113. The Labute approximate surface area is 182 Å². The number of halogens is 2. The van der Waals surface area contributed by atoms with Crippen LogP contribution < -0.4 is 0 Å². The van der Waals surface area contributed by atoms with Gasteiger partial charge in [-0.05, 0) is 55.2 Å². The summed E-state index contributed by atoms with van der Waals surface area (Å²) in [6, 6.07) is 21.4. The number of hydrogen-bond acceptors (Lipinski definition) is 2. The molecule has 0 spiro atoms. The molecule has 150 valence electrons. The fourth-order valence-corrected chi connectivity index (χ4v) is 3.71. The van der Waals surface area contributed by atoms with Gasteiger partial charge in [0.05, 0.1) is 12.2 Å². The monoisotopic (exact) mass is 426 g/mol. The number of carbonyl (C=O) groups is 1. The van der Waals surface area contributed by atoms with Gasteiger partial charge < -0.3 is 4.90 Å². The van der Waals surface area contributed by atoms with Crippen LogP contribution in [0.4, 0.5) is 0 Å².